The SMILES string of the molecule is c1cc2c3c(c1)C1CC4CCCCC4CC1N3c1cccc3c1B2c1cccc2c1N3C1CC3CCCCC3CC21. The molecule has 4 fully saturated rings. The second kappa shape index (κ2) is 8.03. The normalized spacial score (nSPS) is 36.4. The third-order valence-corrected chi connectivity index (χ3v) is 13.9. The summed E-state index contributed by atoms with van der Waals surface area (Å²) >= 11 is 0. The summed E-state index contributed by atoms with van der Waals surface area (Å²) in [5, 5.41) is 0. The predicted octanol–water partition coefficient (Wildman–Crippen LogP) is 7.24. The molecule has 0 spiro atoms. The number of anilines is 4. The Balaban J connectivity index is 1.12. The molecule has 4 aliphatic carbocycles. The van der Waals surface area contributed by atoms with Gasteiger partial charge in [-0.3, -0.25) is 0 Å². The van der Waals surface area contributed by atoms with Crippen LogP contribution in [0, 0.1) is 23.7 Å². The van der Waals surface area contributed by atoms with Crippen molar-refractivity contribution >= 4 is 45.9 Å². The average Bonchev–Trinajstić information content (AvgIpc) is 3.52. The molecule has 0 bridgehead atoms. The summed E-state index contributed by atoms with van der Waals surface area (Å²) in [6.07, 6.45) is 17.4. The van der Waals surface area contributed by atoms with Gasteiger partial charge in [-0.2, -0.15) is 0 Å². The summed E-state index contributed by atoms with van der Waals surface area (Å²) in [6, 6.07) is 23.7. The van der Waals surface area contributed by atoms with Gasteiger partial charge in [0.05, 0.1) is 0 Å². The van der Waals surface area contributed by atoms with Crippen molar-refractivity contribution in [3.8, 4) is 0 Å². The first-order valence-electron chi connectivity index (χ1n) is 17.3. The maximum Gasteiger partial charge on any atom is 0.252 e. The first kappa shape index (κ1) is 22.9. The van der Waals surface area contributed by atoms with Gasteiger partial charge in [0.15, 0.2) is 0 Å². The summed E-state index contributed by atoms with van der Waals surface area (Å²) in [7, 11) is 0. The molecule has 8 aliphatic rings. The van der Waals surface area contributed by atoms with E-state index in [0.29, 0.717) is 30.6 Å². The molecule has 0 aromatic heterocycles. The van der Waals surface area contributed by atoms with Crippen molar-refractivity contribution in [2.24, 2.45) is 23.7 Å². The summed E-state index contributed by atoms with van der Waals surface area (Å²) in [5.41, 5.74) is 14.6. The largest absolute Gasteiger partial charge is 0.338 e. The molecule has 0 radical (unpaired) electrons. The fourth-order valence-electron chi connectivity index (χ4n) is 12.4. The highest BCUT2D eigenvalue weighted by Gasteiger charge is 2.56. The maximum atomic E-state index is 2.91. The Morgan fingerprint density at radius 3 is 1.44 bits per heavy atom. The molecule has 4 heterocycles. The van der Waals surface area contributed by atoms with Crippen LogP contribution < -0.4 is 26.2 Å². The summed E-state index contributed by atoms with van der Waals surface area (Å²) in [4.78, 5) is 5.83. The Labute approximate surface area is 245 Å². The smallest absolute Gasteiger partial charge is 0.252 e. The van der Waals surface area contributed by atoms with Crippen molar-refractivity contribution in [2.75, 3.05) is 9.80 Å². The Hall–Kier alpha value is -2.68. The van der Waals surface area contributed by atoms with Crippen LogP contribution >= 0.6 is 0 Å². The minimum atomic E-state index is 0.378. The van der Waals surface area contributed by atoms with E-state index in [1.54, 1.807) is 50.3 Å². The molecule has 8 atom stereocenters. The van der Waals surface area contributed by atoms with Gasteiger partial charge in [-0.05, 0) is 89.0 Å². The average molecular weight is 537 g/mol. The van der Waals surface area contributed by atoms with E-state index in [-0.39, 0.29) is 0 Å². The molecule has 41 heavy (non-hydrogen) atoms. The first-order chi connectivity index (χ1) is 20.3. The molecule has 3 aromatic carbocycles. The van der Waals surface area contributed by atoms with E-state index in [1.807, 2.05) is 0 Å². The maximum absolute atomic E-state index is 2.91. The van der Waals surface area contributed by atoms with E-state index in [0.717, 1.165) is 23.7 Å². The highest BCUT2D eigenvalue weighted by molar-refractivity contribution is 7.00. The predicted molar refractivity (Wildman–Crippen MR) is 171 cm³/mol. The van der Waals surface area contributed by atoms with Gasteiger partial charge in [-0.15, -0.1) is 0 Å². The molecule has 11 rings (SSSR count). The highest BCUT2D eigenvalue weighted by Crippen LogP contribution is 2.59. The minimum Gasteiger partial charge on any atom is -0.338 e. The van der Waals surface area contributed by atoms with Crippen LogP contribution in [0.2, 0.25) is 0 Å². The fraction of sp³-hybridized carbons (Fsp3) is 0.526. The zero-order valence-electron chi connectivity index (χ0n) is 24.3. The van der Waals surface area contributed by atoms with E-state index in [4.69, 9.17) is 0 Å². The standard InChI is InChI=1S/C38H41BN2/c1-3-10-24-20-34-28(18-22(24)8-1)26-12-5-14-30-37(26)40(34)32-16-7-17-33-36(32)39(30)31-15-6-13-27-29-19-23-9-2-4-11-25(23)21-35(29)41(33)38(27)31/h5-7,12-17,22-25,28-29,34-35H,1-4,8-11,18-21H2. The molecule has 0 saturated heterocycles. The number of fused-ring (bicyclic) bond motifs is 12. The van der Waals surface area contributed by atoms with Crippen LogP contribution in [0.5, 0.6) is 0 Å². The van der Waals surface area contributed by atoms with Crippen LogP contribution in [0.25, 0.3) is 0 Å². The van der Waals surface area contributed by atoms with Gasteiger partial charge in [-0.25, -0.2) is 0 Å². The van der Waals surface area contributed by atoms with Crippen LogP contribution in [-0.4, -0.2) is 18.8 Å². The Morgan fingerprint density at radius 1 is 0.512 bits per heavy atom. The van der Waals surface area contributed by atoms with Crippen molar-refractivity contribution in [1.29, 1.82) is 0 Å². The van der Waals surface area contributed by atoms with Gasteiger partial charge in [0.2, 0.25) is 0 Å². The molecule has 3 aromatic rings. The number of hydrogen-bond donors (Lipinski definition) is 0. The molecule has 2 nitrogen and oxygen atoms in total. The Kier molecular flexibility index (Phi) is 4.48. The van der Waals surface area contributed by atoms with E-state index in [9.17, 15) is 0 Å². The van der Waals surface area contributed by atoms with Crippen LogP contribution in [0.4, 0.5) is 22.7 Å². The molecule has 8 unspecified atom stereocenters. The molecule has 0 amide bonds. The summed E-state index contributed by atoms with van der Waals surface area (Å²) < 4.78 is 0. The molecular formula is C38H41BN2. The number of rotatable bonds is 0. The van der Waals surface area contributed by atoms with Crippen LogP contribution in [0.15, 0.2) is 54.6 Å². The van der Waals surface area contributed by atoms with Gasteiger partial charge < -0.3 is 9.80 Å². The van der Waals surface area contributed by atoms with Gasteiger partial charge in [0.25, 0.3) is 6.71 Å². The molecule has 4 saturated carbocycles. The van der Waals surface area contributed by atoms with Gasteiger partial charge >= 0.3 is 0 Å². The van der Waals surface area contributed by atoms with E-state index in [2.05, 4.69) is 64.4 Å². The summed E-state index contributed by atoms with van der Waals surface area (Å²) in [6.45, 7) is 0.378. The quantitative estimate of drug-likeness (QED) is 0.280. The van der Waals surface area contributed by atoms with Gasteiger partial charge in [0.1, 0.15) is 0 Å². The number of nitrogens with zero attached hydrogens (tertiary/aromatic N) is 2. The zero-order valence-corrected chi connectivity index (χ0v) is 24.3. The third kappa shape index (κ3) is 2.78. The third-order valence-electron chi connectivity index (χ3n) is 13.9. The van der Waals surface area contributed by atoms with Crippen LogP contribution in [-0.2, 0) is 0 Å². The van der Waals surface area contributed by atoms with Crippen LogP contribution in [0.3, 0.4) is 0 Å². The minimum absolute atomic E-state index is 0.378. The topological polar surface area (TPSA) is 6.48 Å². The summed E-state index contributed by atoms with van der Waals surface area (Å²) in [5.74, 6) is 5.20. The van der Waals surface area contributed by atoms with Crippen molar-refractivity contribution in [1.82, 2.24) is 0 Å². The molecule has 0 N–H and O–H groups in total. The zero-order chi connectivity index (χ0) is 26.4. The molecule has 4 aliphatic heterocycles. The Bertz CT molecular complexity index is 1500. The van der Waals surface area contributed by atoms with Crippen molar-refractivity contribution < 1.29 is 0 Å². The van der Waals surface area contributed by atoms with Crippen molar-refractivity contribution in [2.45, 2.75) is 101 Å². The van der Waals surface area contributed by atoms with E-state index < -0.39 is 0 Å². The number of para-hydroxylation sites is 2. The van der Waals surface area contributed by atoms with E-state index >= 15 is 0 Å². The van der Waals surface area contributed by atoms with Crippen molar-refractivity contribution in [3.63, 3.8) is 0 Å². The lowest BCUT2D eigenvalue weighted by Crippen LogP contribution is -2.63. The monoisotopic (exact) mass is 536 g/mol. The van der Waals surface area contributed by atoms with Gasteiger partial charge in [-0.1, -0.05) is 93.8 Å². The lowest BCUT2D eigenvalue weighted by Gasteiger charge is -2.48. The van der Waals surface area contributed by atoms with Gasteiger partial charge in [0, 0.05) is 46.7 Å². The number of hydrogen-bond acceptors (Lipinski definition) is 2. The van der Waals surface area contributed by atoms with Crippen LogP contribution in [0.1, 0.15) is 100 Å². The second-order valence-electron chi connectivity index (χ2n) is 15.4. The molecular weight excluding hydrogens is 495 g/mol. The fourth-order valence-corrected chi connectivity index (χ4v) is 12.4. The second-order valence-corrected chi connectivity index (χ2v) is 15.4. The highest BCUT2D eigenvalue weighted by atomic mass is 15.2. The van der Waals surface area contributed by atoms with E-state index in [1.165, 1.54) is 77.0 Å². The van der Waals surface area contributed by atoms with Crippen molar-refractivity contribution in [3.05, 3.63) is 65.7 Å². The lowest BCUT2D eigenvalue weighted by molar-refractivity contribution is 0.144. The number of benzene rings is 3. The lowest BCUT2D eigenvalue weighted by atomic mass is 9.33. The molecule has 3 heteroatoms. The Morgan fingerprint density at radius 2 is 0.951 bits per heavy atom. The molecule has 206 valence electrons. The first-order valence-corrected chi connectivity index (χ1v) is 17.3.